The third-order valence-electron chi connectivity index (χ3n) is 12.4. The summed E-state index contributed by atoms with van der Waals surface area (Å²) in [6, 6.07) is 74.5. The van der Waals surface area contributed by atoms with Gasteiger partial charge in [-0.3, -0.25) is 0 Å². The summed E-state index contributed by atoms with van der Waals surface area (Å²) in [6.07, 6.45) is 0. The zero-order chi connectivity index (χ0) is 39.3. The molecule has 3 heterocycles. The molecule has 0 spiro atoms. The minimum Gasteiger partial charge on any atom is -0.309 e. The van der Waals surface area contributed by atoms with Crippen LogP contribution in [-0.4, -0.2) is 19.1 Å². The van der Waals surface area contributed by atoms with Crippen LogP contribution < -0.4 is 0 Å². The largest absolute Gasteiger partial charge is 0.309 e. The van der Waals surface area contributed by atoms with Crippen molar-refractivity contribution in [2.24, 2.45) is 0 Å². The van der Waals surface area contributed by atoms with Crippen LogP contribution in [-0.2, 0) is 0 Å². The molecule has 60 heavy (non-hydrogen) atoms. The third-order valence-corrected chi connectivity index (χ3v) is 12.4. The summed E-state index contributed by atoms with van der Waals surface area (Å²) in [6.45, 7) is 0. The highest BCUT2D eigenvalue weighted by atomic mass is 15.0. The van der Waals surface area contributed by atoms with Gasteiger partial charge >= 0.3 is 0 Å². The number of para-hydroxylation sites is 2. The van der Waals surface area contributed by atoms with Crippen LogP contribution in [0.3, 0.4) is 0 Å². The minimum atomic E-state index is 0.706. The van der Waals surface area contributed by atoms with Gasteiger partial charge in [0.1, 0.15) is 0 Å². The summed E-state index contributed by atoms with van der Waals surface area (Å²) in [5.74, 6) is 0.706. The lowest BCUT2D eigenvalue weighted by Gasteiger charge is -2.13. The number of aromatic nitrogens is 4. The summed E-state index contributed by atoms with van der Waals surface area (Å²) >= 11 is 0. The summed E-state index contributed by atoms with van der Waals surface area (Å²) < 4.78 is 4.90. The first-order chi connectivity index (χ1) is 29.7. The first kappa shape index (κ1) is 32.9. The van der Waals surface area contributed by atoms with Gasteiger partial charge in [0, 0.05) is 43.7 Å². The lowest BCUT2D eigenvalue weighted by molar-refractivity contribution is 1.17. The molecule has 0 aliphatic rings. The lowest BCUT2D eigenvalue weighted by atomic mass is 10.0. The molecule has 3 aromatic heterocycles. The van der Waals surface area contributed by atoms with E-state index < -0.39 is 0 Å². The van der Waals surface area contributed by atoms with Crippen LogP contribution in [0.1, 0.15) is 0 Å². The first-order valence-electron chi connectivity index (χ1n) is 20.5. The fourth-order valence-electron chi connectivity index (χ4n) is 9.72. The quantitative estimate of drug-likeness (QED) is 0.179. The second-order valence-corrected chi connectivity index (χ2v) is 15.8. The number of hydrogen-bond donors (Lipinski definition) is 0. The Morgan fingerprint density at radius 1 is 0.317 bits per heavy atom. The normalized spacial score (nSPS) is 12.0. The van der Waals surface area contributed by atoms with E-state index in [2.05, 4.69) is 209 Å². The highest BCUT2D eigenvalue weighted by molar-refractivity contribution is 6.23. The number of rotatable bonds is 4. The van der Waals surface area contributed by atoms with E-state index in [4.69, 9.17) is 9.97 Å². The second-order valence-electron chi connectivity index (χ2n) is 15.8. The van der Waals surface area contributed by atoms with Gasteiger partial charge in [0.2, 0.25) is 0 Å². The molecule has 13 aromatic rings. The fraction of sp³-hybridized carbons (Fsp3) is 0. The standard InChI is InChI=1S/C56H34N4/c1-2-14-38-32-41(25-24-35(38)12-1)55-44-18-7-9-20-47(44)57-56(58-55)37-26-29-42(30-27-37)59-49-22-11-23-50(54(49)46-33-39-15-3-4-16-40(39)34-52(46)59)60-48-21-10-8-19-45(48)53-43-17-6-5-13-36(43)28-31-51(53)60/h1-34H. The molecular formula is C56H34N4. The molecule has 0 saturated heterocycles. The predicted octanol–water partition coefficient (Wildman–Crippen LogP) is 14.6. The maximum Gasteiger partial charge on any atom is 0.160 e. The van der Waals surface area contributed by atoms with E-state index in [-0.39, 0.29) is 0 Å². The molecule has 278 valence electrons. The smallest absolute Gasteiger partial charge is 0.160 e. The van der Waals surface area contributed by atoms with E-state index in [0.29, 0.717) is 5.82 Å². The number of hydrogen-bond acceptors (Lipinski definition) is 2. The Morgan fingerprint density at radius 2 is 0.933 bits per heavy atom. The van der Waals surface area contributed by atoms with Crippen LogP contribution in [0.2, 0.25) is 0 Å². The van der Waals surface area contributed by atoms with E-state index in [1.54, 1.807) is 0 Å². The van der Waals surface area contributed by atoms with E-state index in [0.717, 1.165) is 50.1 Å². The summed E-state index contributed by atoms with van der Waals surface area (Å²) in [4.78, 5) is 10.4. The van der Waals surface area contributed by atoms with Crippen molar-refractivity contribution in [1.29, 1.82) is 0 Å². The molecule has 0 fully saturated rings. The molecule has 0 aliphatic carbocycles. The third kappa shape index (κ3) is 4.85. The highest BCUT2D eigenvalue weighted by Gasteiger charge is 2.21. The molecule has 0 radical (unpaired) electrons. The van der Waals surface area contributed by atoms with Crippen LogP contribution in [0.5, 0.6) is 0 Å². The number of benzene rings is 10. The van der Waals surface area contributed by atoms with Crippen LogP contribution in [0.15, 0.2) is 206 Å². The monoisotopic (exact) mass is 762 g/mol. The Balaban J connectivity index is 1.03. The van der Waals surface area contributed by atoms with Crippen molar-refractivity contribution in [3.05, 3.63) is 206 Å². The van der Waals surface area contributed by atoms with Crippen molar-refractivity contribution in [1.82, 2.24) is 19.1 Å². The summed E-state index contributed by atoms with van der Waals surface area (Å²) in [5, 5.41) is 13.4. The number of nitrogens with zero attached hydrogens (tertiary/aromatic N) is 4. The molecular weight excluding hydrogens is 729 g/mol. The maximum absolute atomic E-state index is 5.26. The van der Waals surface area contributed by atoms with E-state index >= 15 is 0 Å². The first-order valence-corrected chi connectivity index (χ1v) is 20.5. The van der Waals surface area contributed by atoms with Crippen molar-refractivity contribution in [3.8, 4) is 34.0 Å². The Morgan fingerprint density at radius 3 is 1.77 bits per heavy atom. The van der Waals surface area contributed by atoms with E-state index in [9.17, 15) is 0 Å². The molecule has 10 aromatic carbocycles. The zero-order valence-electron chi connectivity index (χ0n) is 32.4. The van der Waals surface area contributed by atoms with Gasteiger partial charge in [-0.15, -0.1) is 0 Å². The van der Waals surface area contributed by atoms with Crippen LogP contribution >= 0.6 is 0 Å². The molecule has 0 saturated carbocycles. The van der Waals surface area contributed by atoms with Gasteiger partial charge in [0.25, 0.3) is 0 Å². The number of fused-ring (bicyclic) bond motifs is 11. The zero-order valence-corrected chi connectivity index (χ0v) is 32.4. The Labute approximate surface area is 344 Å². The van der Waals surface area contributed by atoms with Gasteiger partial charge in [-0.1, -0.05) is 133 Å². The van der Waals surface area contributed by atoms with E-state index in [1.807, 2.05) is 6.07 Å². The molecule has 0 N–H and O–H groups in total. The molecule has 4 nitrogen and oxygen atoms in total. The minimum absolute atomic E-state index is 0.706. The van der Waals surface area contributed by atoms with Crippen molar-refractivity contribution in [2.45, 2.75) is 0 Å². The Bertz CT molecular complexity index is 3890. The second kappa shape index (κ2) is 12.7. The van der Waals surface area contributed by atoms with Gasteiger partial charge in [-0.2, -0.15) is 0 Å². The topological polar surface area (TPSA) is 35.6 Å². The van der Waals surface area contributed by atoms with Crippen LogP contribution in [0.25, 0.3) is 121 Å². The van der Waals surface area contributed by atoms with Crippen molar-refractivity contribution in [3.63, 3.8) is 0 Å². The average molecular weight is 763 g/mol. The Kier molecular flexibility index (Phi) is 6.98. The molecule has 0 bridgehead atoms. The van der Waals surface area contributed by atoms with Gasteiger partial charge in [-0.25, -0.2) is 9.97 Å². The highest BCUT2D eigenvalue weighted by Crippen LogP contribution is 2.43. The molecule has 0 unspecified atom stereocenters. The predicted molar refractivity (Wildman–Crippen MR) is 252 cm³/mol. The SMILES string of the molecule is c1ccc2cc(-c3nc(-c4ccc(-n5c6cc7ccccc7cc6c6c(-n7c8ccccc8c8c9ccccc9ccc87)cccc65)cc4)nc4ccccc34)ccc2c1. The summed E-state index contributed by atoms with van der Waals surface area (Å²) in [7, 11) is 0. The molecule has 0 amide bonds. The lowest BCUT2D eigenvalue weighted by Crippen LogP contribution is -1.98. The van der Waals surface area contributed by atoms with Crippen LogP contribution in [0, 0.1) is 0 Å². The van der Waals surface area contributed by atoms with Crippen molar-refractivity contribution < 1.29 is 0 Å². The van der Waals surface area contributed by atoms with Crippen molar-refractivity contribution >= 4 is 86.8 Å². The molecule has 13 rings (SSSR count). The molecule has 0 atom stereocenters. The van der Waals surface area contributed by atoms with Gasteiger partial charge in [0.05, 0.1) is 39.0 Å². The molecule has 0 aliphatic heterocycles. The fourth-order valence-corrected chi connectivity index (χ4v) is 9.72. The molecule has 4 heteroatoms. The van der Waals surface area contributed by atoms with Gasteiger partial charge in [0.15, 0.2) is 5.82 Å². The summed E-state index contributed by atoms with van der Waals surface area (Å²) in [5.41, 5.74) is 10.9. The van der Waals surface area contributed by atoms with Crippen LogP contribution in [0.4, 0.5) is 0 Å². The maximum atomic E-state index is 5.26. The Hall–Kier alpha value is -8.08. The average Bonchev–Trinajstić information content (AvgIpc) is 3.83. The van der Waals surface area contributed by atoms with Gasteiger partial charge in [-0.05, 0) is 105 Å². The van der Waals surface area contributed by atoms with Crippen molar-refractivity contribution in [2.75, 3.05) is 0 Å². The van der Waals surface area contributed by atoms with E-state index in [1.165, 1.54) is 64.9 Å². The van der Waals surface area contributed by atoms with Gasteiger partial charge < -0.3 is 9.13 Å².